The molecule has 1 aromatic rings. The Morgan fingerprint density at radius 1 is 1.15 bits per heavy atom. The van der Waals surface area contributed by atoms with Gasteiger partial charge in [-0.15, -0.1) is 0 Å². The van der Waals surface area contributed by atoms with Gasteiger partial charge in [0.15, 0.2) is 0 Å². The van der Waals surface area contributed by atoms with Crippen molar-refractivity contribution in [1.82, 2.24) is 9.80 Å². The monoisotopic (exact) mass is 360 g/mol. The summed E-state index contributed by atoms with van der Waals surface area (Å²) in [6.45, 7) is 9.46. The quantitative estimate of drug-likeness (QED) is 0.757. The van der Waals surface area contributed by atoms with Crippen molar-refractivity contribution in [1.29, 1.82) is 0 Å². The zero-order valence-electron chi connectivity index (χ0n) is 16.7. The van der Waals surface area contributed by atoms with E-state index in [4.69, 9.17) is 4.74 Å². The van der Waals surface area contributed by atoms with E-state index in [1.807, 2.05) is 61.9 Å². The summed E-state index contributed by atoms with van der Waals surface area (Å²) < 4.78 is 5.39. The number of aryl methyl sites for hydroxylation is 1. The molecular formula is C21H32N2O3. The van der Waals surface area contributed by atoms with E-state index in [9.17, 15) is 9.59 Å². The van der Waals surface area contributed by atoms with E-state index in [0.717, 1.165) is 37.9 Å². The van der Waals surface area contributed by atoms with Crippen LogP contribution >= 0.6 is 0 Å². The highest BCUT2D eigenvalue weighted by atomic mass is 16.6. The summed E-state index contributed by atoms with van der Waals surface area (Å²) >= 11 is 0. The Labute approximate surface area is 157 Å². The fraction of sp³-hybridized carbons (Fsp3) is 0.619. The van der Waals surface area contributed by atoms with Crippen molar-refractivity contribution < 1.29 is 14.3 Å². The Balaban J connectivity index is 1.84. The minimum absolute atomic E-state index is 0.0981. The van der Waals surface area contributed by atoms with E-state index in [1.165, 1.54) is 5.56 Å². The summed E-state index contributed by atoms with van der Waals surface area (Å²) in [7, 11) is 1.95. The van der Waals surface area contributed by atoms with Crippen LogP contribution in [0.2, 0.25) is 0 Å². The van der Waals surface area contributed by atoms with Gasteiger partial charge in [-0.3, -0.25) is 14.5 Å². The van der Waals surface area contributed by atoms with Gasteiger partial charge >= 0.3 is 5.97 Å². The molecule has 0 atom stereocenters. The lowest BCUT2D eigenvalue weighted by Gasteiger charge is -2.36. The maximum Gasteiger partial charge on any atom is 0.320 e. The van der Waals surface area contributed by atoms with E-state index in [2.05, 4.69) is 6.92 Å². The molecule has 0 aliphatic carbocycles. The van der Waals surface area contributed by atoms with Crippen LogP contribution in [0.5, 0.6) is 0 Å². The number of amides is 1. The first-order chi connectivity index (χ1) is 12.2. The van der Waals surface area contributed by atoms with Crippen LogP contribution in [0, 0.1) is 0 Å². The van der Waals surface area contributed by atoms with E-state index >= 15 is 0 Å². The fourth-order valence-electron chi connectivity index (χ4n) is 3.28. The van der Waals surface area contributed by atoms with Gasteiger partial charge in [-0.1, -0.05) is 19.1 Å². The zero-order valence-corrected chi connectivity index (χ0v) is 16.7. The number of carbonyl (C=O) groups is 2. The maximum absolute atomic E-state index is 12.6. The Morgan fingerprint density at radius 2 is 1.73 bits per heavy atom. The largest absolute Gasteiger partial charge is 0.459 e. The molecule has 0 radical (unpaired) electrons. The van der Waals surface area contributed by atoms with Crippen LogP contribution in [-0.2, 0) is 16.0 Å². The van der Waals surface area contributed by atoms with Gasteiger partial charge in [-0.2, -0.15) is 0 Å². The van der Waals surface area contributed by atoms with Gasteiger partial charge in [0, 0.05) is 24.7 Å². The average Bonchev–Trinajstić information content (AvgIpc) is 2.59. The molecule has 26 heavy (non-hydrogen) atoms. The molecule has 0 spiro atoms. The molecule has 0 saturated carbocycles. The number of hydrogen-bond donors (Lipinski definition) is 0. The van der Waals surface area contributed by atoms with Crippen molar-refractivity contribution in [2.45, 2.75) is 58.6 Å². The third-order valence-corrected chi connectivity index (χ3v) is 4.78. The predicted molar refractivity (Wildman–Crippen MR) is 103 cm³/mol. The number of piperidine rings is 1. The van der Waals surface area contributed by atoms with Crippen LogP contribution in [-0.4, -0.2) is 60.0 Å². The summed E-state index contributed by atoms with van der Waals surface area (Å²) in [5, 5.41) is 0. The average molecular weight is 360 g/mol. The first-order valence-corrected chi connectivity index (χ1v) is 9.50. The molecule has 1 saturated heterocycles. The van der Waals surface area contributed by atoms with Gasteiger partial charge < -0.3 is 9.64 Å². The summed E-state index contributed by atoms with van der Waals surface area (Å²) in [6, 6.07) is 8.18. The first-order valence-electron chi connectivity index (χ1n) is 9.50. The minimum atomic E-state index is -0.457. The number of esters is 1. The van der Waals surface area contributed by atoms with Gasteiger partial charge in [-0.25, -0.2) is 0 Å². The second kappa shape index (κ2) is 8.67. The van der Waals surface area contributed by atoms with Gasteiger partial charge in [0.2, 0.25) is 0 Å². The summed E-state index contributed by atoms with van der Waals surface area (Å²) in [5.74, 6) is -0.101. The third-order valence-electron chi connectivity index (χ3n) is 4.78. The number of likely N-dealkylation sites (tertiary alicyclic amines) is 1. The van der Waals surface area contributed by atoms with Crippen molar-refractivity contribution in [2.75, 3.05) is 26.7 Å². The number of rotatable bonds is 5. The number of ether oxygens (including phenoxy) is 1. The van der Waals surface area contributed by atoms with Gasteiger partial charge in [0.1, 0.15) is 5.60 Å². The molecule has 1 heterocycles. The zero-order chi connectivity index (χ0) is 19.3. The number of hydrogen-bond acceptors (Lipinski definition) is 4. The van der Waals surface area contributed by atoms with E-state index in [0.29, 0.717) is 6.04 Å². The topological polar surface area (TPSA) is 49.9 Å². The number of benzene rings is 1. The van der Waals surface area contributed by atoms with E-state index in [1.54, 1.807) is 0 Å². The fourth-order valence-corrected chi connectivity index (χ4v) is 3.28. The highest BCUT2D eigenvalue weighted by Crippen LogP contribution is 2.18. The lowest BCUT2D eigenvalue weighted by molar-refractivity contribution is -0.156. The molecule has 1 fully saturated rings. The highest BCUT2D eigenvalue weighted by Gasteiger charge is 2.27. The Morgan fingerprint density at radius 3 is 2.23 bits per heavy atom. The Bertz CT molecular complexity index is 611. The van der Waals surface area contributed by atoms with Crippen LogP contribution in [0.25, 0.3) is 0 Å². The number of carbonyl (C=O) groups excluding carboxylic acids is 2. The standard InChI is InChI=1S/C21H32N2O3/c1-6-16-7-9-17(10-8-16)20(25)23-13-11-18(12-14-23)22(5)15-19(24)26-21(2,3)4/h7-10,18H,6,11-15H2,1-5H3. The number of nitrogens with zero attached hydrogens (tertiary/aromatic N) is 2. The third kappa shape index (κ3) is 5.84. The molecule has 0 unspecified atom stereocenters. The highest BCUT2D eigenvalue weighted by molar-refractivity contribution is 5.94. The smallest absolute Gasteiger partial charge is 0.320 e. The second-order valence-corrected chi connectivity index (χ2v) is 8.08. The van der Waals surface area contributed by atoms with Crippen molar-refractivity contribution in [2.24, 2.45) is 0 Å². The molecule has 1 aliphatic heterocycles. The van der Waals surface area contributed by atoms with Crippen LogP contribution in [0.1, 0.15) is 56.5 Å². The molecule has 0 bridgehead atoms. The molecule has 1 amide bonds. The van der Waals surface area contributed by atoms with E-state index in [-0.39, 0.29) is 18.4 Å². The maximum atomic E-state index is 12.6. The van der Waals surface area contributed by atoms with Gasteiger partial charge in [0.25, 0.3) is 5.91 Å². The van der Waals surface area contributed by atoms with Crippen molar-refractivity contribution in [3.63, 3.8) is 0 Å². The van der Waals surface area contributed by atoms with Gasteiger partial charge in [0.05, 0.1) is 6.54 Å². The van der Waals surface area contributed by atoms with E-state index < -0.39 is 5.60 Å². The summed E-state index contributed by atoms with van der Waals surface area (Å²) in [4.78, 5) is 28.6. The normalized spacial score (nSPS) is 16.0. The first kappa shape index (κ1) is 20.4. The van der Waals surface area contributed by atoms with Crippen LogP contribution < -0.4 is 0 Å². The molecular weight excluding hydrogens is 328 g/mol. The lowest BCUT2D eigenvalue weighted by atomic mass is 10.0. The van der Waals surface area contributed by atoms with Crippen molar-refractivity contribution in [3.05, 3.63) is 35.4 Å². The Hall–Kier alpha value is -1.88. The molecule has 1 aliphatic rings. The Kier molecular flexibility index (Phi) is 6.81. The molecule has 5 nitrogen and oxygen atoms in total. The molecule has 0 aromatic heterocycles. The van der Waals surface area contributed by atoms with Crippen LogP contribution in [0.4, 0.5) is 0 Å². The van der Waals surface area contributed by atoms with Crippen molar-refractivity contribution >= 4 is 11.9 Å². The van der Waals surface area contributed by atoms with Gasteiger partial charge in [-0.05, 0) is 64.8 Å². The molecule has 2 rings (SSSR count). The van der Waals surface area contributed by atoms with Crippen LogP contribution in [0.15, 0.2) is 24.3 Å². The molecule has 5 heteroatoms. The van der Waals surface area contributed by atoms with Crippen LogP contribution in [0.3, 0.4) is 0 Å². The SMILES string of the molecule is CCc1ccc(C(=O)N2CCC(N(C)CC(=O)OC(C)(C)C)CC2)cc1. The molecule has 144 valence electrons. The number of likely N-dealkylation sites (N-methyl/N-ethyl adjacent to an activating group) is 1. The molecule has 0 N–H and O–H groups in total. The summed E-state index contributed by atoms with van der Waals surface area (Å²) in [6.07, 6.45) is 2.72. The molecule has 1 aromatic carbocycles. The summed E-state index contributed by atoms with van der Waals surface area (Å²) in [5.41, 5.74) is 1.54. The lowest BCUT2D eigenvalue weighted by Crippen LogP contribution is -2.47. The predicted octanol–water partition coefficient (Wildman–Crippen LogP) is 3.13. The van der Waals surface area contributed by atoms with Crippen molar-refractivity contribution in [3.8, 4) is 0 Å². The second-order valence-electron chi connectivity index (χ2n) is 8.08. The minimum Gasteiger partial charge on any atom is -0.459 e.